The average molecular weight is 200 g/mol. The first-order valence-electron chi connectivity index (χ1n) is 5.67. The van der Waals surface area contributed by atoms with Gasteiger partial charge in [-0.15, -0.1) is 0 Å². The molecule has 1 N–H and O–H groups in total. The Morgan fingerprint density at radius 2 is 1.86 bits per heavy atom. The third kappa shape index (κ3) is 6.89. The van der Waals surface area contributed by atoms with Crippen molar-refractivity contribution in [3.63, 3.8) is 0 Å². The molecule has 0 fully saturated rings. The van der Waals surface area contributed by atoms with Gasteiger partial charge in [-0.1, -0.05) is 26.7 Å². The van der Waals surface area contributed by atoms with E-state index in [-0.39, 0.29) is 5.91 Å². The molecule has 0 bridgehead atoms. The van der Waals surface area contributed by atoms with Crippen molar-refractivity contribution < 1.29 is 4.79 Å². The molecule has 84 valence electrons. The van der Waals surface area contributed by atoms with Crippen molar-refractivity contribution in [3.05, 3.63) is 0 Å². The van der Waals surface area contributed by atoms with Gasteiger partial charge in [0.25, 0.3) is 0 Å². The molecule has 0 saturated carbocycles. The fourth-order valence-corrected chi connectivity index (χ4v) is 1.15. The highest BCUT2D eigenvalue weighted by Gasteiger charge is 2.06. The first-order chi connectivity index (χ1) is 6.72. The standard InChI is InChI=1S/C11H24N2O/c1-4-6-8-12-10-11(14)13(3)9-7-5-2/h12H,4-10H2,1-3H3. The van der Waals surface area contributed by atoms with E-state index in [1.54, 1.807) is 0 Å². The Kier molecular flexibility index (Phi) is 8.64. The first-order valence-corrected chi connectivity index (χ1v) is 5.67. The van der Waals surface area contributed by atoms with Gasteiger partial charge in [0, 0.05) is 13.6 Å². The summed E-state index contributed by atoms with van der Waals surface area (Å²) >= 11 is 0. The molecule has 0 heterocycles. The minimum absolute atomic E-state index is 0.203. The Bertz CT molecular complexity index is 148. The summed E-state index contributed by atoms with van der Waals surface area (Å²) in [6.45, 7) is 6.60. The first kappa shape index (κ1) is 13.4. The number of hydrogen-bond donors (Lipinski definition) is 1. The van der Waals surface area contributed by atoms with Crippen LogP contribution in [0.25, 0.3) is 0 Å². The summed E-state index contributed by atoms with van der Waals surface area (Å²) in [5, 5.41) is 3.15. The molecule has 0 unspecified atom stereocenters. The highest BCUT2D eigenvalue weighted by Crippen LogP contribution is 1.92. The molecule has 0 aliphatic heterocycles. The van der Waals surface area contributed by atoms with Crippen LogP contribution in [0, 0.1) is 0 Å². The van der Waals surface area contributed by atoms with Crippen molar-refractivity contribution >= 4 is 5.91 Å². The predicted octanol–water partition coefficient (Wildman–Crippen LogP) is 1.63. The summed E-state index contributed by atoms with van der Waals surface area (Å²) < 4.78 is 0. The molecule has 3 nitrogen and oxygen atoms in total. The van der Waals surface area contributed by atoms with Crippen LogP contribution in [0.15, 0.2) is 0 Å². The molecule has 1 amide bonds. The number of amides is 1. The van der Waals surface area contributed by atoms with Gasteiger partial charge in [-0.05, 0) is 19.4 Å². The van der Waals surface area contributed by atoms with Crippen molar-refractivity contribution in [1.82, 2.24) is 10.2 Å². The number of hydrogen-bond acceptors (Lipinski definition) is 2. The summed E-state index contributed by atoms with van der Waals surface area (Å²) in [4.78, 5) is 13.3. The Hall–Kier alpha value is -0.570. The smallest absolute Gasteiger partial charge is 0.236 e. The molecule has 0 radical (unpaired) electrons. The Balaban J connectivity index is 3.42. The van der Waals surface area contributed by atoms with Crippen LogP contribution in [0.5, 0.6) is 0 Å². The van der Waals surface area contributed by atoms with Crippen molar-refractivity contribution in [2.75, 3.05) is 26.7 Å². The van der Waals surface area contributed by atoms with Crippen LogP contribution in [0.3, 0.4) is 0 Å². The molecular weight excluding hydrogens is 176 g/mol. The zero-order chi connectivity index (χ0) is 10.8. The Morgan fingerprint density at radius 1 is 1.21 bits per heavy atom. The fraction of sp³-hybridized carbons (Fsp3) is 0.909. The van der Waals surface area contributed by atoms with E-state index in [0.29, 0.717) is 6.54 Å². The van der Waals surface area contributed by atoms with Crippen LogP contribution in [-0.2, 0) is 4.79 Å². The number of rotatable bonds is 8. The van der Waals surface area contributed by atoms with E-state index in [1.807, 2.05) is 11.9 Å². The molecular formula is C11H24N2O. The second kappa shape index (κ2) is 9.00. The van der Waals surface area contributed by atoms with Crippen molar-refractivity contribution in [3.8, 4) is 0 Å². The second-order valence-corrected chi connectivity index (χ2v) is 3.70. The highest BCUT2D eigenvalue weighted by molar-refractivity contribution is 5.77. The summed E-state index contributed by atoms with van der Waals surface area (Å²) in [7, 11) is 1.87. The van der Waals surface area contributed by atoms with E-state index in [1.165, 1.54) is 6.42 Å². The number of carbonyl (C=O) groups excluding carboxylic acids is 1. The van der Waals surface area contributed by atoms with E-state index in [2.05, 4.69) is 19.2 Å². The lowest BCUT2D eigenvalue weighted by Gasteiger charge is -2.16. The van der Waals surface area contributed by atoms with Gasteiger partial charge in [-0.3, -0.25) is 4.79 Å². The largest absolute Gasteiger partial charge is 0.345 e. The van der Waals surface area contributed by atoms with E-state index < -0.39 is 0 Å². The summed E-state index contributed by atoms with van der Waals surface area (Å²) in [6.07, 6.45) is 4.55. The molecule has 14 heavy (non-hydrogen) atoms. The molecule has 0 aliphatic rings. The maximum Gasteiger partial charge on any atom is 0.236 e. The predicted molar refractivity (Wildman–Crippen MR) is 60.3 cm³/mol. The van der Waals surface area contributed by atoms with Gasteiger partial charge in [-0.2, -0.15) is 0 Å². The number of nitrogens with zero attached hydrogens (tertiary/aromatic N) is 1. The van der Waals surface area contributed by atoms with Gasteiger partial charge in [0.2, 0.25) is 5.91 Å². The molecule has 0 aliphatic carbocycles. The average Bonchev–Trinajstić information content (AvgIpc) is 2.20. The molecule has 0 atom stereocenters. The lowest BCUT2D eigenvalue weighted by molar-refractivity contribution is -0.129. The Labute approximate surface area is 87.9 Å². The lowest BCUT2D eigenvalue weighted by Crippen LogP contribution is -2.36. The Morgan fingerprint density at radius 3 is 2.43 bits per heavy atom. The van der Waals surface area contributed by atoms with Gasteiger partial charge >= 0.3 is 0 Å². The molecule has 0 saturated heterocycles. The van der Waals surface area contributed by atoms with E-state index in [4.69, 9.17) is 0 Å². The molecule has 0 aromatic carbocycles. The summed E-state index contributed by atoms with van der Waals surface area (Å²) in [5.41, 5.74) is 0. The zero-order valence-corrected chi connectivity index (χ0v) is 9.81. The zero-order valence-electron chi connectivity index (χ0n) is 9.81. The van der Waals surface area contributed by atoms with Gasteiger partial charge in [-0.25, -0.2) is 0 Å². The highest BCUT2D eigenvalue weighted by atomic mass is 16.2. The van der Waals surface area contributed by atoms with Crippen molar-refractivity contribution in [2.24, 2.45) is 0 Å². The number of nitrogens with one attached hydrogen (secondary N) is 1. The maximum absolute atomic E-state index is 11.5. The third-order valence-electron chi connectivity index (χ3n) is 2.26. The summed E-state index contributed by atoms with van der Waals surface area (Å²) in [6, 6.07) is 0. The van der Waals surface area contributed by atoms with Crippen LogP contribution in [0.4, 0.5) is 0 Å². The minimum Gasteiger partial charge on any atom is -0.345 e. The van der Waals surface area contributed by atoms with Crippen LogP contribution in [0.1, 0.15) is 39.5 Å². The van der Waals surface area contributed by atoms with Gasteiger partial charge in [0.05, 0.1) is 6.54 Å². The fourth-order valence-electron chi connectivity index (χ4n) is 1.15. The van der Waals surface area contributed by atoms with Gasteiger partial charge in [0.1, 0.15) is 0 Å². The minimum atomic E-state index is 0.203. The number of carbonyl (C=O) groups is 1. The number of unbranched alkanes of at least 4 members (excludes halogenated alkanes) is 2. The van der Waals surface area contributed by atoms with Crippen molar-refractivity contribution in [2.45, 2.75) is 39.5 Å². The van der Waals surface area contributed by atoms with Gasteiger partial charge in [0.15, 0.2) is 0 Å². The maximum atomic E-state index is 11.5. The number of likely N-dealkylation sites (N-methyl/N-ethyl adjacent to an activating group) is 1. The van der Waals surface area contributed by atoms with E-state index in [0.717, 1.165) is 32.4 Å². The van der Waals surface area contributed by atoms with Crippen LogP contribution in [0.2, 0.25) is 0 Å². The SMILES string of the molecule is CCCCNCC(=O)N(C)CCCC. The van der Waals surface area contributed by atoms with E-state index >= 15 is 0 Å². The second-order valence-electron chi connectivity index (χ2n) is 3.70. The van der Waals surface area contributed by atoms with Crippen molar-refractivity contribution in [1.29, 1.82) is 0 Å². The normalized spacial score (nSPS) is 10.2. The quantitative estimate of drug-likeness (QED) is 0.604. The molecule has 0 rings (SSSR count). The molecule has 0 aromatic rings. The van der Waals surface area contributed by atoms with E-state index in [9.17, 15) is 4.79 Å². The molecule has 3 heteroatoms. The van der Waals surface area contributed by atoms with Crippen LogP contribution >= 0.6 is 0 Å². The molecule has 0 spiro atoms. The third-order valence-corrected chi connectivity index (χ3v) is 2.26. The monoisotopic (exact) mass is 200 g/mol. The molecule has 0 aromatic heterocycles. The van der Waals surface area contributed by atoms with Crippen LogP contribution < -0.4 is 5.32 Å². The van der Waals surface area contributed by atoms with Crippen LogP contribution in [-0.4, -0.2) is 37.5 Å². The lowest BCUT2D eigenvalue weighted by atomic mass is 10.3. The van der Waals surface area contributed by atoms with Gasteiger partial charge < -0.3 is 10.2 Å². The summed E-state index contributed by atoms with van der Waals surface area (Å²) in [5.74, 6) is 0.203. The topological polar surface area (TPSA) is 32.3 Å².